The van der Waals surface area contributed by atoms with E-state index in [0.29, 0.717) is 5.70 Å². The van der Waals surface area contributed by atoms with Crippen LogP contribution in [0.2, 0.25) is 0 Å². The van der Waals surface area contributed by atoms with E-state index in [1.807, 2.05) is 0 Å². The number of hydrogen-bond donors (Lipinski definition) is 1. The van der Waals surface area contributed by atoms with Gasteiger partial charge in [0.15, 0.2) is 0 Å². The van der Waals surface area contributed by atoms with E-state index in [1.165, 1.54) is 31.2 Å². The van der Waals surface area contributed by atoms with Gasteiger partial charge in [-0.3, -0.25) is 10.1 Å². The Morgan fingerprint density at radius 3 is 2.33 bits per heavy atom. The van der Waals surface area contributed by atoms with Gasteiger partial charge in [0.05, 0.1) is 10.5 Å². The Bertz CT molecular complexity index is 561. The maximum Gasteiger partial charge on any atom is 0.338 e. The van der Waals surface area contributed by atoms with Crippen LogP contribution in [0.15, 0.2) is 36.0 Å². The molecule has 0 unspecified atom stereocenters. The van der Waals surface area contributed by atoms with Crippen LogP contribution < -0.4 is 5.73 Å². The van der Waals surface area contributed by atoms with Crippen LogP contribution in [0.5, 0.6) is 0 Å². The summed E-state index contributed by atoms with van der Waals surface area (Å²) < 4.78 is 9.57. The number of carbonyl (C=O) groups is 2. The van der Waals surface area contributed by atoms with E-state index in [0.717, 1.165) is 6.08 Å². The summed E-state index contributed by atoms with van der Waals surface area (Å²) >= 11 is 0. The molecular weight excluding hydrogens is 280 g/mol. The topological polar surface area (TPSA) is 122 Å². The molecule has 0 atom stereocenters. The van der Waals surface area contributed by atoms with Crippen LogP contribution >= 0.6 is 0 Å². The first-order chi connectivity index (χ1) is 9.90. The summed E-state index contributed by atoms with van der Waals surface area (Å²) in [6, 6.07) is 4.97. The van der Waals surface area contributed by atoms with Gasteiger partial charge in [-0.1, -0.05) is 0 Å². The van der Waals surface area contributed by atoms with E-state index in [9.17, 15) is 19.7 Å². The maximum atomic E-state index is 11.6. The molecule has 0 saturated heterocycles. The number of hydrogen-bond acceptors (Lipinski definition) is 7. The largest absolute Gasteiger partial charge is 0.459 e. The van der Waals surface area contributed by atoms with E-state index >= 15 is 0 Å². The van der Waals surface area contributed by atoms with E-state index in [2.05, 4.69) is 0 Å². The first kappa shape index (κ1) is 16.2. The molecule has 0 aliphatic heterocycles. The highest BCUT2D eigenvalue weighted by molar-refractivity contribution is 5.89. The molecule has 8 nitrogen and oxygen atoms in total. The third-order valence-electron chi connectivity index (χ3n) is 2.22. The zero-order chi connectivity index (χ0) is 15.8. The summed E-state index contributed by atoms with van der Waals surface area (Å²) in [6.07, 6.45) is 1.11. The van der Waals surface area contributed by atoms with Crippen molar-refractivity contribution in [2.45, 2.75) is 6.92 Å². The standard InChI is InChI=1S/C13H14N2O6/c1-9(14)8-12(16)20-6-7-21-13(17)10-2-4-11(5-3-10)15(18)19/h2-5,8H,6-7,14H2,1H3/b9-8-. The lowest BCUT2D eigenvalue weighted by molar-refractivity contribution is -0.384. The predicted octanol–water partition coefficient (Wildman–Crippen LogP) is 1.16. The van der Waals surface area contributed by atoms with Gasteiger partial charge in [0, 0.05) is 23.9 Å². The molecule has 1 rings (SSSR count). The van der Waals surface area contributed by atoms with Gasteiger partial charge in [-0.25, -0.2) is 9.59 Å². The monoisotopic (exact) mass is 294 g/mol. The molecule has 112 valence electrons. The number of ether oxygens (including phenoxy) is 2. The molecule has 0 saturated carbocycles. The number of nitrogens with zero attached hydrogens (tertiary/aromatic N) is 1. The van der Waals surface area contributed by atoms with Gasteiger partial charge < -0.3 is 15.2 Å². The zero-order valence-electron chi connectivity index (χ0n) is 11.3. The van der Waals surface area contributed by atoms with Crippen LogP contribution in [0.25, 0.3) is 0 Å². The molecule has 2 N–H and O–H groups in total. The molecule has 1 aromatic rings. The highest BCUT2D eigenvalue weighted by atomic mass is 16.6. The zero-order valence-corrected chi connectivity index (χ0v) is 11.3. The molecule has 0 fully saturated rings. The third kappa shape index (κ3) is 5.72. The van der Waals surface area contributed by atoms with Crippen molar-refractivity contribution in [2.75, 3.05) is 13.2 Å². The molecule has 0 aliphatic carbocycles. The number of nitro groups is 1. The van der Waals surface area contributed by atoms with Crippen LogP contribution in [0.1, 0.15) is 17.3 Å². The van der Waals surface area contributed by atoms with Gasteiger partial charge >= 0.3 is 11.9 Å². The van der Waals surface area contributed by atoms with Crippen molar-refractivity contribution in [1.82, 2.24) is 0 Å². The highest BCUT2D eigenvalue weighted by Gasteiger charge is 2.10. The number of non-ortho nitro benzene ring substituents is 1. The number of nitrogens with two attached hydrogens (primary N) is 1. The smallest absolute Gasteiger partial charge is 0.338 e. The number of nitro benzene ring substituents is 1. The minimum atomic E-state index is -0.661. The molecule has 0 heterocycles. The number of allylic oxidation sites excluding steroid dienone is 1. The Labute approximate surface area is 120 Å². The molecule has 0 aliphatic rings. The Hall–Kier alpha value is -2.90. The fourth-order valence-electron chi connectivity index (χ4n) is 1.31. The first-order valence-electron chi connectivity index (χ1n) is 5.92. The quantitative estimate of drug-likeness (QED) is 0.274. The van der Waals surface area contributed by atoms with Crippen molar-refractivity contribution in [3.8, 4) is 0 Å². The lowest BCUT2D eigenvalue weighted by Crippen LogP contribution is -2.13. The lowest BCUT2D eigenvalue weighted by Gasteiger charge is -2.05. The minimum Gasteiger partial charge on any atom is -0.459 e. The SMILES string of the molecule is C/C(N)=C/C(=O)OCCOC(=O)c1ccc([N+](=O)[O-])cc1. The van der Waals surface area contributed by atoms with Gasteiger partial charge in [-0.15, -0.1) is 0 Å². The average Bonchev–Trinajstić information content (AvgIpc) is 2.42. The number of benzene rings is 1. The van der Waals surface area contributed by atoms with Gasteiger partial charge in [-0.2, -0.15) is 0 Å². The molecule has 8 heteroatoms. The number of carbonyl (C=O) groups excluding carboxylic acids is 2. The summed E-state index contributed by atoms with van der Waals surface area (Å²) in [6.45, 7) is 1.30. The van der Waals surface area contributed by atoms with Crippen molar-refractivity contribution in [2.24, 2.45) is 5.73 Å². The summed E-state index contributed by atoms with van der Waals surface area (Å²) in [5.41, 5.74) is 5.64. The summed E-state index contributed by atoms with van der Waals surface area (Å²) in [7, 11) is 0. The van der Waals surface area contributed by atoms with Crippen molar-refractivity contribution in [3.05, 3.63) is 51.7 Å². The summed E-state index contributed by atoms with van der Waals surface area (Å²) in [5, 5.41) is 10.5. The molecule has 0 amide bonds. The Balaban J connectivity index is 2.39. The molecule has 0 bridgehead atoms. The average molecular weight is 294 g/mol. The van der Waals surface area contributed by atoms with Crippen LogP contribution in [0.3, 0.4) is 0 Å². The molecule has 0 spiro atoms. The van der Waals surface area contributed by atoms with Crippen LogP contribution in [0, 0.1) is 10.1 Å². The van der Waals surface area contributed by atoms with Gasteiger partial charge in [-0.05, 0) is 19.1 Å². The molecule has 1 aromatic carbocycles. The maximum absolute atomic E-state index is 11.6. The fourth-order valence-corrected chi connectivity index (χ4v) is 1.31. The molecule has 21 heavy (non-hydrogen) atoms. The van der Waals surface area contributed by atoms with E-state index in [4.69, 9.17) is 15.2 Å². The Morgan fingerprint density at radius 2 is 1.81 bits per heavy atom. The number of rotatable bonds is 6. The second-order valence-electron chi connectivity index (χ2n) is 4.00. The van der Waals surface area contributed by atoms with Gasteiger partial charge in [0.1, 0.15) is 13.2 Å². The van der Waals surface area contributed by atoms with Crippen molar-refractivity contribution >= 4 is 17.6 Å². The molecular formula is C13H14N2O6. The summed E-state index contributed by atoms with van der Waals surface area (Å²) in [4.78, 5) is 32.6. The van der Waals surface area contributed by atoms with Gasteiger partial charge in [0.25, 0.3) is 5.69 Å². The first-order valence-corrected chi connectivity index (χ1v) is 5.92. The predicted molar refractivity (Wildman–Crippen MR) is 72.3 cm³/mol. The Morgan fingerprint density at radius 1 is 1.24 bits per heavy atom. The van der Waals surface area contributed by atoms with E-state index in [1.54, 1.807) is 0 Å². The Kier molecular flexibility index (Phi) is 5.87. The minimum absolute atomic E-state index is 0.110. The normalized spacial score (nSPS) is 10.8. The second kappa shape index (κ2) is 7.63. The van der Waals surface area contributed by atoms with Gasteiger partial charge in [0.2, 0.25) is 0 Å². The third-order valence-corrected chi connectivity index (χ3v) is 2.22. The second-order valence-corrected chi connectivity index (χ2v) is 4.00. The van der Waals surface area contributed by atoms with Crippen molar-refractivity contribution in [3.63, 3.8) is 0 Å². The summed E-state index contributed by atoms with van der Waals surface area (Å²) in [5.74, 6) is -1.28. The van der Waals surface area contributed by atoms with Crippen molar-refractivity contribution in [1.29, 1.82) is 0 Å². The van der Waals surface area contributed by atoms with Crippen molar-refractivity contribution < 1.29 is 24.0 Å². The van der Waals surface area contributed by atoms with Crippen LogP contribution in [-0.4, -0.2) is 30.1 Å². The van der Waals surface area contributed by atoms with Crippen LogP contribution in [-0.2, 0) is 14.3 Å². The molecule has 0 aromatic heterocycles. The lowest BCUT2D eigenvalue weighted by atomic mass is 10.2. The van der Waals surface area contributed by atoms with E-state index < -0.39 is 16.9 Å². The van der Waals surface area contributed by atoms with Crippen LogP contribution in [0.4, 0.5) is 5.69 Å². The van der Waals surface area contributed by atoms with E-state index in [-0.39, 0.29) is 24.5 Å². The number of esters is 2. The molecule has 0 radical (unpaired) electrons. The highest BCUT2D eigenvalue weighted by Crippen LogP contribution is 2.12. The fraction of sp³-hybridized carbons (Fsp3) is 0.231.